The maximum Gasteiger partial charge on any atom is 0.0896 e. The highest BCUT2D eigenvalue weighted by atomic mass is 32.1. The molecule has 2 aromatic rings. The minimum atomic E-state index is 0.170. The maximum atomic E-state index is 6.27. The van der Waals surface area contributed by atoms with Crippen molar-refractivity contribution in [2.45, 2.75) is 51.2 Å². The Labute approximate surface area is 142 Å². The van der Waals surface area contributed by atoms with E-state index in [0.717, 1.165) is 6.61 Å². The zero-order valence-electron chi connectivity index (χ0n) is 14.1. The molecule has 3 unspecified atom stereocenters. The molecule has 122 valence electrons. The van der Waals surface area contributed by atoms with Crippen LogP contribution in [0.5, 0.6) is 0 Å². The topological polar surface area (TPSA) is 21.3 Å². The summed E-state index contributed by atoms with van der Waals surface area (Å²) in [5.41, 5.74) is 4.17. The second-order valence-corrected chi connectivity index (χ2v) is 8.77. The van der Waals surface area contributed by atoms with E-state index in [4.69, 9.17) is 4.74 Å². The Kier molecular flexibility index (Phi) is 3.73. The zero-order valence-corrected chi connectivity index (χ0v) is 15.0. The second kappa shape index (κ2) is 5.64. The zero-order chi connectivity index (χ0) is 16.0. The lowest BCUT2D eigenvalue weighted by Gasteiger charge is -2.43. The summed E-state index contributed by atoms with van der Waals surface area (Å²) in [5, 5.41) is 5.98. The summed E-state index contributed by atoms with van der Waals surface area (Å²) >= 11 is 1.85. The predicted octanol–water partition coefficient (Wildman–Crippen LogP) is 5.68. The summed E-state index contributed by atoms with van der Waals surface area (Å²) in [4.78, 5) is 1.43. The van der Waals surface area contributed by atoms with Crippen LogP contribution >= 0.6 is 11.3 Å². The van der Waals surface area contributed by atoms with Gasteiger partial charge in [-0.2, -0.15) is 0 Å². The summed E-state index contributed by atoms with van der Waals surface area (Å²) in [6.45, 7) is 7.72. The van der Waals surface area contributed by atoms with E-state index in [9.17, 15) is 0 Å². The van der Waals surface area contributed by atoms with Gasteiger partial charge in [-0.05, 0) is 41.3 Å². The summed E-state index contributed by atoms with van der Waals surface area (Å²) < 4.78 is 6.27. The van der Waals surface area contributed by atoms with Gasteiger partial charge >= 0.3 is 0 Å². The standard InChI is InChI=1S/C20H25NOS/c1-20(2,3)13-8-9-16-15(12-13)19-14(6-4-10-22-19)18(21-16)17-7-5-11-23-17/h5,7-9,11-12,14,18-19,21H,4,6,10H2,1-3H3. The van der Waals surface area contributed by atoms with Crippen molar-refractivity contribution >= 4 is 17.0 Å². The Bertz CT molecular complexity index is 686. The molecular weight excluding hydrogens is 302 g/mol. The van der Waals surface area contributed by atoms with E-state index < -0.39 is 0 Å². The molecule has 0 saturated carbocycles. The van der Waals surface area contributed by atoms with Crippen LogP contribution in [-0.2, 0) is 10.2 Å². The van der Waals surface area contributed by atoms with Crippen molar-refractivity contribution in [1.29, 1.82) is 0 Å². The number of ether oxygens (including phenoxy) is 1. The molecule has 0 spiro atoms. The minimum absolute atomic E-state index is 0.170. The molecule has 3 heteroatoms. The van der Waals surface area contributed by atoms with Crippen LogP contribution in [0.1, 0.15) is 61.8 Å². The molecule has 1 aromatic heterocycles. The average molecular weight is 327 g/mol. The summed E-state index contributed by atoms with van der Waals surface area (Å²) in [5.74, 6) is 0.533. The van der Waals surface area contributed by atoms with Gasteiger partial charge in [0.15, 0.2) is 0 Å². The summed E-state index contributed by atoms with van der Waals surface area (Å²) in [6, 6.07) is 11.7. The van der Waals surface area contributed by atoms with Crippen molar-refractivity contribution in [2.24, 2.45) is 5.92 Å². The van der Waals surface area contributed by atoms with E-state index in [-0.39, 0.29) is 11.5 Å². The number of nitrogens with one attached hydrogen (secondary N) is 1. The highest BCUT2D eigenvalue weighted by Gasteiger charge is 2.40. The smallest absolute Gasteiger partial charge is 0.0896 e. The number of thiophene rings is 1. The molecule has 1 fully saturated rings. The number of rotatable bonds is 1. The molecule has 3 atom stereocenters. The monoisotopic (exact) mass is 327 g/mol. The van der Waals surface area contributed by atoms with Gasteiger partial charge in [-0.3, -0.25) is 0 Å². The second-order valence-electron chi connectivity index (χ2n) is 7.79. The minimum Gasteiger partial charge on any atom is -0.377 e. The molecule has 0 aliphatic carbocycles. The molecule has 2 nitrogen and oxygen atoms in total. The van der Waals surface area contributed by atoms with Crippen LogP contribution in [-0.4, -0.2) is 6.61 Å². The fourth-order valence-corrected chi connectivity index (χ4v) is 4.74. The number of benzene rings is 1. The van der Waals surface area contributed by atoms with Gasteiger partial charge in [-0.15, -0.1) is 11.3 Å². The third kappa shape index (κ3) is 2.70. The van der Waals surface area contributed by atoms with Gasteiger partial charge in [0.25, 0.3) is 0 Å². The number of hydrogen-bond donors (Lipinski definition) is 1. The van der Waals surface area contributed by atoms with Gasteiger partial charge in [0.1, 0.15) is 0 Å². The van der Waals surface area contributed by atoms with Crippen LogP contribution in [0.3, 0.4) is 0 Å². The number of fused-ring (bicyclic) bond motifs is 3. The SMILES string of the molecule is CC(C)(C)c1ccc2c(c1)C1OCCCC1C(c1cccs1)N2. The van der Waals surface area contributed by atoms with Crippen molar-refractivity contribution in [3.05, 3.63) is 51.7 Å². The van der Waals surface area contributed by atoms with Crippen molar-refractivity contribution in [2.75, 3.05) is 11.9 Å². The first-order valence-electron chi connectivity index (χ1n) is 8.60. The van der Waals surface area contributed by atoms with E-state index >= 15 is 0 Å². The predicted molar refractivity (Wildman–Crippen MR) is 97.2 cm³/mol. The first-order chi connectivity index (χ1) is 11.0. The van der Waals surface area contributed by atoms with Gasteiger partial charge < -0.3 is 10.1 Å². The van der Waals surface area contributed by atoms with Gasteiger partial charge in [-0.1, -0.05) is 39.0 Å². The van der Waals surface area contributed by atoms with Crippen LogP contribution in [0.2, 0.25) is 0 Å². The quantitative estimate of drug-likeness (QED) is 0.727. The Morgan fingerprint density at radius 3 is 2.83 bits per heavy atom. The van der Waals surface area contributed by atoms with Crippen molar-refractivity contribution < 1.29 is 4.74 Å². The first kappa shape index (κ1) is 15.2. The molecule has 0 radical (unpaired) electrons. The highest BCUT2D eigenvalue weighted by Crippen LogP contribution is 2.50. The van der Waals surface area contributed by atoms with Crippen LogP contribution in [0.15, 0.2) is 35.7 Å². The summed E-state index contributed by atoms with van der Waals surface area (Å²) in [6.07, 6.45) is 2.63. The highest BCUT2D eigenvalue weighted by molar-refractivity contribution is 7.10. The third-order valence-electron chi connectivity index (χ3n) is 5.18. The molecule has 1 aromatic carbocycles. The van der Waals surface area contributed by atoms with E-state index in [2.05, 4.69) is 61.8 Å². The maximum absolute atomic E-state index is 6.27. The van der Waals surface area contributed by atoms with Crippen LogP contribution in [0.4, 0.5) is 5.69 Å². The molecule has 4 rings (SSSR count). The fraction of sp³-hybridized carbons (Fsp3) is 0.500. The average Bonchev–Trinajstić information content (AvgIpc) is 3.07. The molecule has 2 aliphatic rings. The van der Waals surface area contributed by atoms with Gasteiger partial charge in [-0.25, -0.2) is 0 Å². The lowest BCUT2D eigenvalue weighted by molar-refractivity contribution is -0.0378. The molecule has 2 aliphatic heterocycles. The lowest BCUT2D eigenvalue weighted by atomic mass is 9.77. The fourth-order valence-electron chi connectivity index (χ4n) is 3.89. The Morgan fingerprint density at radius 2 is 2.09 bits per heavy atom. The largest absolute Gasteiger partial charge is 0.377 e. The molecule has 1 saturated heterocycles. The normalized spacial score (nSPS) is 27.0. The van der Waals surface area contributed by atoms with Crippen molar-refractivity contribution in [3.8, 4) is 0 Å². The van der Waals surface area contributed by atoms with Crippen LogP contribution in [0, 0.1) is 5.92 Å². The van der Waals surface area contributed by atoms with Gasteiger partial charge in [0, 0.05) is 28.7 Å². The molecule has 23 heavy (non-hydrogen) atoms. The van der Waals surface area contributed by atoms with E-state index in [1.807, 2.05) is 11.3 Å². The number of anilines is 1. The third-order valence-corrected chi connectivity index (χ3v) is 6.14. The number of hydrogen-bond acceptors (Lipinski definition) is 3. The molecule has 0 bridgehead atoms. The molecule has 1 N–H and O–H groups in total. The Morgan fingerprint density at radius 1 is 1.22 bits per heavy atom. The van der Waals surface area contributed by atoms with Crippen molar-refractivity contribution in [3.63, 3.8) is 0 Å². The van der Waals surface area contributed by atoms with E-state index in [0.29, 0.717) is 12.0 Å². The molecular formula is C20H25NOS. The Balaban J connectivity index is 1.78. The van der Waals surface area contributed by atoms with Gasteiger partial charge in [0.05, 0.1) is 12.1 Å². The van der Waals surface area contributed by atoms with E-state index in [1.165, 1.54) is 34.5 Å². The van der Waals surface area contributed by atoms with Crippen LogP contribution < -0.4 is 5.32 Å². The lowest BCUT2D eigenvalue weighted by Crippen LogP contribution is -2.35. The Hall–Kier alpha value is -1.32. The first-order valence-corrected chi connectivity index (χ1v) is 9.48. The van der Waals surface area contributed by atoms with Crippen LogP contribution in [0.25, 0.3) is 0 Å². The summed E-state index contributed by atoms with van der Waals surface area (Å²) in [7, 11) is 0. The van der Waals surface area contributed by atoms with E-state index in [1.54, 1.807) is 0 Å². The van der Waals surface area contributed by atoms with Gasteiger partial charge in [0.2, 0.25) is 0 Å². The molecule has 3 heterocycles. The van der Waals surface area contributed by atoms with Crippen molar-refractivity contribution in [1.82, 2.24) is 0 Å². The molecule has 0 amide bonds.